The zero-order valence-electron chi connectivity index (χ0n) is 12.8. The van der Waals surface area contributed by atoms with Gasteiger partial charge >= 0.3 is 0 Å². The molecule has 0 aliphatic carbocycles. The van der Waals surface area contributed by atoms with Gasteiger partial charge in [0.05, 0.1) is 6.61 Å². The van der Waals surface area contributed by atoms with Crippen molar-refractivity contribution in [1.82, 2.24) is 14.9 Å². The highest BCUT2D eigenvalue weighted by Gasteiger charge is 2.14. The first-order valence-corrected chi connectivity index (χ1v) is 7.34. The van der Waals surface area contributed by atoms with Gasteiger partial charge in [0, 0.05) is 51.4 Å². The smallest absolute Gasteiger partial charge is 0.223 e. The van der Waals surface area contributed by atoms with Crippen LogP contribution in [0.4, 0.5) is 0 Å². The molecule has 0 unspecified atom stereocenters. The number of carbonyl (C=O) groups excluding carboxylic acids is 1. The SMILES string of the molecule is COCCN(Cc1cccnc1)C(=O)CCc1ccncc1. The maximum Gasteiger partial charge on any atom is 0.223 e. The van der Waals surface area contributed by atoms with Gasteiger partial charge in [-0.05, 0) is 35.7 Å². The van der Waals surface area contributed by atoms with E-state index in [9.17, 15) is 4.79 Å². The first-order chi connectivity index (χ1) is 10.8. The summed E-state index contributed by atoms with van der Waals surface area (Å²) >= 11 is 0. The number of rotatable bonds is 8. The van der Waals surface area contributed by atoms with E-state index in [0.29, 0.717) is 26.1 Å². The molecule has 2 heterocycles. The summed E-state index contributed by atoms with van der Waals surface area (Å²) < 4.78 is 5.11. The third-order valence-corrected chi connectivity index (χ3v) is 3.39. The van der Waals surface area contributed by atoms with E-state index in [1.165, 1.54) is 0 Å². The van der Waals surface area contributed by atoms with Gasteiger partial charge in [0.25, 0.3) is 0 Å². The van der Waals surface area contributed by atoms with Crippen LogP contribution in [0.15, 0.2) is 49.1 Å². The van der Waals surface area contributed by atoms with Crippen LogP contribution in [-0.4, -0.2) is 41.0 Å². The molecule has 0 atom stereocenters. The number of aryl methyl sites for hydroxylation is 1. The molecule has 0 radical (unpaired) electrons. The summed E-state index contributed by atoms with van der Waals surface area (Å²) in [5, 5.41) is 0. The zero-order valence-corrected chi connectivity index (χ0v) is 12.8. The molecule has 0 aromatic carbocycles. The Morgan fingerprint density at radius 2 is 1.95 bits per heavy atom. The van der Waals surface area contributed by atoms with Crippen LogP contribution >= 0.6 is 0 Å². The summed E-state index contributed by atoms with van der Waals surface area (Å²) in [6.07, 6.45) is 8.21. The quantitative estimate of drug-likeness (QED) is 0.749. The number of nitrogens with zero attached hydrogens (tertiary/aromatic N) is 3. The molecule has 0 N–H and O–H groups in total. The van der Waals surface area contributed by atoms with Gasteiger partial charge in [-0.15, -0.1) is 0 Å². The van der Waals surface area contributed by atoms with Crippen molar-refractivity contribution in [3.63, 3.8) is 0 Å². The zero-order chi connectivity index (χ0) is 15.6. The standard InChI is InChI=1S/C17H21N3O2/c1-22-12-11-20(14-16-3-2-8-19-13-16)17(21)5-4-15-6-9-18-10-7-15/h2-3,6-10,13H,4-5,11-12,14H2,1H3. The molecule has 22 heavy (non-hydrogen) atoms. The Labute approximate surface area is 131 Å². The highest BCUT2D eigenvalue weighted by molar-refractivity contribution is 5.76. The van der Waals surface area contributed by atoms with Crippen molar-refractivity contribution in [1.29, 1.82) is 0 Å². The lowest BCUT2D eigenvalue weighted by atomic mass is 10.1. The van der Waals surface area contributed by atoms with Crippen molar-refractivity contribution in [3.8, 4) is 0 Å². The van der Waals surface area contributed by atoms with E-state index in [4.69, 9.17) is 4.74 Å². The monoisotopic (exact) mass is 299 g/mol. The van der Waals surface area contributed by atoms with Crippen molar-refractivity contribution >= 4 is 5.91 Å². The van der Waals surface area contributed by atoms with Crippen LogP contribution < -0.4 is 0 Å². The van der Waals surface area contributed by atoms with Crippen LogP contribution in [0.5, 0.6) is 0 Å². The largest absolute Gasteiger partial charge is 0.383 e. The molecule has 1 amide bonds. The third-order valence-electron chi connectivity index (χ3n) is 3.39. The molecule has 2 aromatic heterocycles. The summed E-state index contributed by atoms with van der Waals surface area (Å²) in [7, 11) is 1.64. The number of amides is 1. The van der Waals surface area contributed by atoms with Crippen LogP contribution in [-0.2, 0) is 22.5 Å². The lowest BCUT2D eigenvalue weighted by Crippen LogP contribution is -2.33. The van der Waals surface area contributed by atoms with Crippen LogP contribution in [0.3, 0.4) is 0 Å². The predicted molar refractivity (Wildman–Crippen MR) is 84.1 cm³/mol. The lowest BCUT2D eigenvalue weighted by Gasteiger charge is -2.22. The second-order valence-corrected chi connectivity index (χ2v) is 5.02. The predicted octanol–water partition coefficient (Wildman–Crippen LogP) is 2.08. The molecule has 2 aromatic rings. The van der Waals surface area contributed by atoms with E-state index >= 15 is 0 Å². The summed E-state index contributed by atoms with van der Waals surface area (Å²) in [6.45, 7) is 1.67. The van der Waals surface area contributed by atoms with E-state index in [1.54, 1.807) is 31.9 Å². The lowest BCUT2D eigenvalue weighted by molar-refractivity contribution is -0.132. The number of pyridine rings is 2. The Balaban J connectivity index is 1.93. The fourth-order valence-corrected chi connectivity index (χ4v) is 2.16. The Kier molecular flexibility index (Phi) is 6.51. The number of hydrogen-bond donors (Lipinski definition) is 0. The Morgan fingerprint density at radius 3 is 2.64 bits per heavy atom. The van der Waals surface area contributed by atoms with E-state index in [-0.39, 0.29) is 5.91 Å². The maximum absolute atomic E-state index is 12.5. The third kappa shape index (κ3) is 5.26. The van der Waals surface area contributed by atoms with Crippen molar-refractivity contribution in [3.05, 3.63) is 60.2 Å². The number of carbonyl (C=O) groups is 1. The fourth-order valence-electron chi connectivity index (χ4n) is 2.16. The molecule has 0 spiro atoms. The fraction of sp³-hybridized carbons (Fsp3) is 0.353. The van der Waals surface area contributed by atoms with Crippen molar-refractivity contribution in [2.24, 2.45) is 0 Å². The second kappa shape index (κ2) is 8.89. The summed E-state index contributed by atoms with van der Waals surface area (Å²) in [4.78, 5) is 22.4. The topological polar surface area (TPSA) is 55.3 Å². The van der Waals surface area contributed by atoms with Gasteiger partial charge in [-0.3, -0.25) is 14.8 Å². The van der Waals surface area contributed by atoms with Crippen molar-refractivity contribution in [2.75, 3.05) is 20.3 Å². The molecule has 0 aliphatic heterocycles. The second-order valence-electron chi connectivity index (χ2n) is 5.02. The average Bonchev–Trinajstić information content (AvgIpc) is 2.58. The Bertz CT molecular complexity index is 561. The van der Waals surface area contributed by atoms with Gasteiger partial charge in [0.1, 0.15) is 0 Å². The molecule has 116 valence electrons. The molecule has 5 heteroatoms. The van der Waals surface area contributed by atoms with Crippen LogP contribution in [0, 0.1) is 0 Å². The summed E-state index contributed by atoms with van der Waals surface area (Å²) in [6, 6.07) is 7.73. The molecular weight excluding hydrogens is 278 g/mol. The number of aromatic nitrogens is 2. The van der Waals surface area contributed by atoms with E-state index in [1.807, 2.05) is 29.2 Å². The Morgan fingerprint density at radius 1 is 1.14 bits per heavy atom. The molecule has 0 fully saturated rings. The highest BCUT2D eigenvalue weighted by Crippen LogP contribution is 2.08. The van der Waals surface area contributed by atoms with E-state index in [2.05, 4.69) is 9.97 Å². The van der Waals surface area contributed by atoms with Gasteiger partial charge in [0.15, 0.2) is 0 Å². The van der Waals surface area contributed by atoms with E-state index < -0.39 is 0 Å². The molecule has 0 saturated heterocycles. The highest BCUT2D eigenvalue weighted by atomic mass is 16.5. The average molecular weight is 299 g/mol. The minimum atomic E-state index is 0.123. The van der Waals surface area contributed by atoms with Gasteiger partial charge in [-0.1, -0.05) is 6.07 Å². The van der Waals surface area contributed by atoms with Gasteiger partial charge < -0.3 is 9.64 Å². The molecular formula is C17H21N3O2. The van der Waals surface area contributed by atoms with Gasteiger partial charge in [0.2, 0.25) is 5.91 Å². The summed E-state index contributed by atoms with van der Waals surface area (Å²) in [5.41, 5.74) is 2.15. The van der Waals surface area contributed by atoms with Gasteiger partial charge in [-0.25, -0.2) is 0 Å². The van der Waals surface area contributed by atoms with E-state index in [0.717, 1.165) is 17.5 Å². The first kappa shape index (κ1) is 16.1. The summed E-state index contributed by atoms with van der Waals surface area (Å²) in [5.74, 6) is 0.123. The molecule has 2 rings (SSSR count). The number of methoxy groups -OCH3 is 1. The minimum Gasteiger partial charge on any atom is -0.383 e. The van der Waals surface area contributed by atoms with Crippen LogP contribution in [0.1, 0.15) is 17.5 Å². The van der Waals surface area contributed by atoms with Crippen LogP contribution in [0.25, 0.3) is 0 Å². The number of hydrogen-bond acceptors (Lipinski definition) is 4. The van der Waals surface area contributed by atoms with Crippen LogP contribution in [0.2, 0.25) is 0 Å². The number of ether oxygens (including phenoxy) is 1. The van der Waals surface area contributed by atoms with Gasteiger partial charge in [-0.2, -0.15) is 0 Å². The van der Waals surface area contributed by atoms with Crippen molar-refractivity contribution in [2.45, 2.75) is 19.4 Å². The molecule has 0 aliphatic rings. The minimum absolute atomic E-state index is 0.123. The first-order valence-electron chi connectivity index (χ1n) is 7.34. The Hall–Kier alpha value is -2.27. The molecule has 0 saturated carbocycles. The molecule has 5 nitrogen and oxygen atoms in total. The maximum atomic E-state index is 12.5. The molecule has 0 bridgehead atoms. The van der Waals surface area contributed by atoms with Crippen molar-refractivity contribution < 1.29 is 9.53 Å². The normalized spacial score (nSPS) is 10.4.